The van der Waals surface area contributed by atoms with Gasteiger partial charge in [0.1, 0.15) is 0 Å². The fourth-order valence-corrected chi connectivity index (χ4v) is 3.02. The van der Waals surface area contributed by atoms with Crippen molar-refractivity contribution < 1.29 is 9.90 Å². The van der Waals surface area contributed by atoms with Crippen molar-refractivity contribution in [3.8, 4) is 0 Å². The summed E-state index contributed by atoms with van der Waals surface area (Å²) in [5, 5.41) is 12.8. The van der Waals surface area contributed by atoms with Gasteiger partial charge < -0.3 is 15.3 Å². The average Bonchev–Trinajstić information content (AvgIpc) is 2.56. The molecule has 0 saturated carbocycles. The third-order valence-corrected chi connectivity index (χ3v) is 4.48. The fourth-order valence-electron chi connectivity index (χ4n) is 3.02. The molecule has 122 valence electrons. The number of rotatable bonds is 7. The minimum Gasteiger partial charge on any atom is -0.378 e. The second kappa shape index (κ2) is 8.91. The molecule has 0 spiro atoms. The lowest BCUT2D eigenvalue weighted by Gasteiger charge is -2.33. The maximum Gasteiger partial charge on any atom is 0.253 e. The molecule has 22 heavy (non-hydrogen) atoms. The van der Waals surface area contributed by atoms with Gasteiger partial charge in [0.15, 0.2) is 6.10 Å². The van der Waals surface area contributed by atoms with E-state index in [0.717, 1.165) is 19.4 Å². The number of aliphatic hydroxyl groups excluding tert-OH is 1. The van der Waals surface area contributed by atoms with Crippen LogP contribution < -0.4 is 5.32 Å². The van der Waals surface area contributed by atoms with Gasteiger partial charge in [-0.15, -0.1) is 0 Å². The Morgan fingerprint density at radius 2 is 2.09 bits per heavy atom. The molecule has 1 aliphatic heterocycles. The van der Waals surface area contributed by atoms with E-state index in [-0.39, 0.29) is 5.91 Å². The highest BCUT2D eigenvalue weighted by Gasteiger charge is 2.18. The summed E-state index contributed by atoms with van der Waals surface area (Å²) in [5.41, 5.74) is 0.641. The van der Waals surface area contributed by atoms with E-state index in [9.17, 15) is 9.90 Å². The Labute approximate surface area is 133 Å². The van der Waals surface area contributed by atoms with Gasteiger partial charge in [-0.2, -0.15) is 0 Å². The summed E-state index contributed by atoms with van der Waals surface area (Å²) in [5.74, 6) is -0.308. The highest BCUT2D eigenvalue weighted by molar-refractivity contribution is 5.81. The van der Waals surface area contributed by atoms with Crippen molar-refractivity contribution in [2.75, 3.05) is 19.6 Å². The van der Waals surface area contributed by atoms with Crippen molar-refractivity contribution in [3.63, 3.8) is 0 Å². The standard InChI is InChI=1S/C18H28N2O2/c1-15-9-5-7-13-20(15)14-8-6-12-19-18(22)17(21)16-10-3-2-4-11-16/h2-4,10-11,15,17,21H,5-9,12-14H2,1H3,(H,19,22). The zero-order valence-electron chi connectivity index (χ0n) is 13.5. The lowest BCUT2D eigenvalue weighted by Crippen LogP contribution is -2.38. The molecule has 2 unspecified atom stereocenters. The van der Waals surface area contributed by atoms with Gasteiger partial charge in [-0.25, -0.2) is 0 Å². The predicted molar refractivity (Wildman–Crippen MR) is 88.5 cm³/mol. The molecular weight excluding hydrogens is 276 g/mol. The Morgan fingerprint density at radius 1 is 1.32 bits per heavy atom. The Hall–Kier alpha value is -1.39. The molecular formula is C18H28N2O2. The number of aliphatic hydroxyl groups is 1. The second-order valence-corrected chi connectivity index (χ2v) is 6.19. The molecule has 1 amide bonds. The van der Waals surface area contributed by atoms with Gasteiger partial charge in [0, 0.05) is 12.6 Å². The molecule has 2 rings (SSSR count). The smallest absolute Gasteiger partial charge is 0.253 e. The third-order valence-electron chi connectivity index (χ3n) is 4.48. The number of nitrogens with zero attached hydrogens (tertiary/aromatic N) is 1. The van der Waals surface area contributed by atoms with E-state index in [1.54, 1.807) is 12.1 Å². The number of carbonyl (C=O) groups is 1. The first-order valence-electron chi connectivity index (χ1n) is 8.43. The molecule has 1 heterocycles. The number of hydrogen-bond donors (Lipinski definition) is 2. The summed E-state index contributed by atoms with van der Waals surface area (Å²) in [6.45, 7) is 5.25. The van der Waals surface area contributed by atoms with E-state index in [1.165, 1.54) is 25.8 Å². The summed E-state index contributed by atoms with van der Waals surface area (Å²) >= 11 is 0. The van der Waals surface area contributed by atoms with Crippen molar-refractivity contribution in [2.45, 2.75) is 51.2 Å². The van der Waals surface area contributed by atoms with Crippen LogP contribution in [0.4, 0.5) is 0 Å². The van der Waals surface area contributed by atoms with E-state index in [0.29, 0.717) is 18.2 Å². The Kier molecular flexibility index (Phi) is 6.87. The second-order valence-electron chi connectivity index (χ2n) is 6.19. The molecule has 1 fully saturated rings. The normalized spacial score (nSPS) is 20.5. The van der Waals surface area contributed by atoms with Gasteiger partial charge in [-0.3, -0.25) is 4.79 Å². The summed E-state index contributed by atoms with van der Waals surface area (Å²) in [4.78, 5) is 14.4. The summed E-state index contributed by atoms with van der Waals surface area (Å²) in [6, 6.07) is 9.75. The molecule has 1 aliphatic rings. The van der Waals surface area contributed by atoms with Gasteiger partial charge in [0.2, 0.25) is 0 Å². The summed E-state index contributed by atoms with van der Waals surface area (Å²) in [6.07, 6.45) is 4.95. The maximum absolute atomic E-state index is 11.9. The largest absolute Gasteiger partial charge is 0.378 e. The van der Waals surface area contributed by atoms with Gasteiger partial charge in [-0.1, -0.05) is 36.8 Å². The van der Waals surface area contributed by atoms with E-state index >= 15 is 0 Å². The van der Waals surface area contributed by atoms with Crippen molar-refractivity contribution >= 4 is 5.91 Å². The molecule has 4 heteroatoms. The number of unbranched alkanes of at least 4 members (excludes halogenated alkanes) is 1. The van der Waals surface area contributed by atoms with Crippen molar-refractivity contribution in [1.29, 1.82) is 0 Å². The van der Waals surface area contributed by atoms with E-state index < -0.39 is 6.10 Å². The molecule has 2 atom stereocenters. The predicted octanol–water partition coefficient (Wildman–Crippen LogP) is 2.49. The molecule has 0 radical (unpaired) electrons. The Morgan fingerprint density at radius 3 is 2.82 bits per heavy atom. The zero-order chi connectivity index (χ0) is 15.8. The average molecular weight is 304 g/mol. The van der Waals surface area contributed by atoms with Gasteiger partial charge in [0.05, 0.1) is 0 Å². The SMILES string of the molecule is CC1CCCCN1CCCCNC(=O)C(O)c1ccccc1. The quantitative estimate of drug-likeness (QED) is 0.761. The highest BCUT2D eigenvalue weighted by Crippen LogP contribution is 2.16. The van der Waals surface area contributed by atoms with E-state index in [1.807, 2.05) is 18.2 Å². The first-order valence-corrected chi connectivity index (χ1v) is 8.43. The van der Waals surface area contributed by atoms with Crippen LogP contribution in [0.2, 0.25) is 0 Å². The molecule has 1 aromatic carbocycles. The topological polar surface area (TPSA) is 52.6 Å². The van der Waals surface area contributed by atoms with Crippen LogP contribution in [0.3, 0.4) is 0 Å². The number of amides is 1. The van der Waals surface area contributed by atoms with Crippen LogP contribution in [0.15, 0.2) is 30.3 Å². The first-order chi connectivity index (χ1) is 10.7. The molecule has 1 saturated heterocycles. The van der Waals surface area contributed by atoms with Crippen LogP contribution in [0, 0.1) is 0 Å². The van der Waals surface area contributed by atoms with Gasteiger partial charge in [0.25, 0.3) is 5.91 Å². The molecule has 0 aliphatic carbocycles. The van der Waals surface area contributed by atoms with Gasteiger partial charge in [-0.05, 0) is 51.3 Å². The lowest BCUT2D eigenvalue weighted by molar-refractivity contribution is -0.129. The molecule has 0 aromatic heterocycles. The fraction of sp³-hybridized carbons (Fsp3) is 0.611. The number of likely N-dealkylation sites (tertiary alicyclic amines) is 1. The van der Waals surface area contributed by atoms with Crippen molar-refractivity contribution in [2.24, 2.45) is 0 Å². The summed E-state index contributed by atoms with van der Waals surface area (Å²) in [7, 11) is 0. The number of nitrogens with one attached hydrogen (secondary N) is 1. The Bertz CT molecular complexity index is 450. The van der Waals surface area contributed by atoms with Crippen molar-refractivity contribution in [1.82, 2.24) is 10.2 Å². The molecule has 1 aromatic rings. The van der Waals surface area contributed by atoms with Crippen LogP contribution in [-0.2, 0) is 4.79 Å². The van der Waals surface area contributed by atoms with Gasteiger partial charge >= 0.3 is 0 Å². The van der Waals surface area contributed by atoms with Crippen molar-refractivity contribution in [3.05, 3.63) is 35.9 Å². The Balaban J connectivity index is 1.61. The maximum atomic E-state index is 11.9. The highest BCUT2D eigenvalue weighted by atomic mass is 16.3. The minimum absolute atomic E-state index is 0.308. The molecule has 4 nitrogen and oxygen atoms in total. The number of piperidine rings is 1. The number of carbonyl (C=O) groups excluding carboxylic acids is 1. The van der Waals surface area contributed by atoms with Crippen LogP contribution in [0.1, 0.15) is 50.7 Å². The third kappa shape index (κ3) is 5.11. The molecule has 2 N–H and O–H groups in total. The van der Waals surface area contributed by atoms with Crippen LogP contribution >= 0.6 is 0 Å². The van der Waals surface area contributed by atoms with E-state index in [4.69, 9.17) is 0 Å². The minimum atomic E-state index is -1.07. The summed E-state index contributed by atoms with van der Waals surface area (Å²) < 4.78 is 0. The van der Waals surface area contributed by atoms with Crippen LogP contribution in [-0.4, -0.2) is 41.6 Å². The van der Waals surface area contributed by atoms with Crippen LogP contribution in [0.5, 0.6) is 0 Å². The first kappa shape index (κ1) is 17.0. The molecule has 0 bridgehead atoms. The monoisotopic (exact) mass is 304 g/mol. The lowest BCUT2D eigenvalue weighted by atomic mass is 10.0. The number of hydrogen-bond acceptors (Lipinski definition) is 3. The zero-order valence-corrected chi connectivity index (χ0v) is 13.5. The van der Waals surface area contributed by atoms with Crippen LogP contribution in [0.25, 0.3) is 0 Å². The van der Waals surface area contributed by atoms with E-state index in [2.05, 4.69) is 17.1 Å². The number of benzene rings is 1.